The van der Waals surface area contributed by atoms with Crippen molar-refractivity contribution in [2.45, 2.75) is 41.7 Å². The molecule has 0 radical (unpaired) electrons. The highest BCUT2D eigenvalue weighted by atomic mass is 127. The Bertz CT molecular complexity index is 3520. The Kier molecular flexibility index (Phi) is 27.6. The van der Waals surface area contributed by atoms with E-state index in [-0.39, 0.29) is 37.0 Å². The van der Waals surface area contributed by atoms with Gasteiger partial charge in [-0.05, 0) is 269 Å². The quantitative estimate of drug-likeness (QED) is 0.0272. The molecule has 26 heteroatoms. The topological polar surface area (TPSA) is 187 Å². The first-order valence-corrected chi connectivity index (χ1v) is 34.7. The fourth-order valence-electron chi connectivity index (χ4n) is 6.51. The zero-order chi connectivity index (χ0) is 59.7. The van der Waals surface area contributed by atoms with Gasteiger partial charge in [-0.3, -0.25) is 0 Å². The third kappa shape index (κ3) is 23.1. The fourth-order valence-corrected chi connectivity index (χ4v) is 16.2. The first kappa shape index (κ1) is 68.8. The molecule has 0 bridgehead atoms. The number of ether oxygens (including phenoxy) is 2. The molecule has 0 spiro atoms. The van der Waals surface area contributed by atoms with Crippen molar-refractivity contribution in [3.63, 3.8) is 0 Å². The van der Waals surface area contributed by atoms with Crippen molar-refractivity contribution in [2.24, 2.45) is 0 Å². The number of rotatable bonds is 14. The van der Waals surface area contributed by atoms with Crippen LogP contribution in [0.5, 0.6) is 5.75 Å². The molecule has 1 atom stereocenters. The maximum atomic E-state index is 13.2. The average molecular weight is 1860 g/mol. The summed E-state index contributed by atoms with van der Waals surface area (Å²) >= 11 is 11.9. The number of benzene rings is 8. The van der Waals surface area contributed by atoms with Gasteiger partial charge in [-0.2, -0.15) is 13.2 Å². The van der Waals surface area contributed by atoms with Crippen molar-refractivity contribution in [3.8, 4) is 5.75 Å². The number of phenols is 1. The second-order valence-electron chi connectivity index (χ2n) is 16.0. The molecule has 8 aromatic carbocycles. The zero-order valence-corrected chi connectivity index (χ0v) is 57.1. The van der Waals surface area contributed by atoms with E-state index in [4.69, 9.17) is 4.74 Å². The monoisotopic (exact) mass is 1860 g/mol. The molecule has 0 saturated heterocycles. The smallest absolute Gasteiger partial charge is 0.426 e. The molecular weight excluding hydrogens is 1820 g/mol. The second kappa shape index (κ2) is 32.5. The summed E-state index contributed by atoms with van der Waals surface area (Å²) in [6.45, 7) is -0.428. The summed E-state index contributed by atoms with van der Waals surface area (Å²) < 4.78 is 140. The fraction of sp³-hybridized carbons (Fsp3) is 0.0909. The van der Waals surface area contributed by atoms with Gasteiger partial charge in [0.25, 0.3) is 0 Å². The van der Waals surface area contributed by atoms with E-state index in [2.05, 4.69) is 157 Å². The lowest BCUT2D eigenvalue weighted by Gasteiger charge is -2.22. The molecule has 0 aliphatic heterocycles. The summed E-state index contributed by atoms with van der Waals surface area (Å²) in [6.07, 6.45) is -8.35. The van der Waals surface area contributed by atoms with Gasteiger partial charge in [0.05, 0.1) is 62.7 Å². The highest BCUT2D eigenvalue weighted by Crippen LogP contribution is 2.34. The molecule has 81 heavy (non-hydrogen) atoms. The lowest BCUT2D eigenvalue weighted by atomic mass is 10.2. The molecule has 426 valence electrons. The van der Waals surface area contributed by atoms with Crippen LogP contribution in [0.1, 0.15) is 20.7 Å². The van der Waals surface area contributed by atoms with Crippen molar-refractivity contribution >= 4 is 190 Å². The number of esters is 2. The molecule has 0 aliphatic rings. The van der Waals surface area contributed by atoms with Crippen LogP contribution < -0.4 is 0 Å². The maximum Gasteiger partial charge on any atom is 0.426 e. The summed E-state index contributed by atoms with van der Waals surface area (Å²) in [5.41, 5.74) is -0.191. The van der Waals surface area contributed by atoms with Crippen LogP contribution in [-0.2, 0) is 51.5 Å². The number of hydrogen-bond donors (Lipinski definition) is 1. The molecule has 0 aromatic heterocycles. The minimum absolute atomic E-state index is 0.0262. The van der Waals surface area contributed by atoms with Gasteiger partial charge in [0.1, 0.15) is 29.6 Å². The van der Waals surface area contributed by atoms with Gasteiger partial charge in [0, 0.05) is 17.9 Å². The molecule has 0 amide bonds. The Morgan fingerprint density at radius 1 is 0.506 bits per heavy atom. The predicted octanol–water partition coefficient (Wildman–Crippen LogP) is 14.9. The van der Waals surface area contributed by atoms with Crippen molar-refractivity contribution in [2.75, 3.05) is 18.1 Å². The van der Waals surface area contributed by atoms with E-state index >= 15 is 0 Å². The Labute approximate surface area is 552 Å². The third-order valence-electron chi connectivity index (χ3n) is 10.1. The van der Waals surface area contributed by atoms with Crippen LogP contribution in [0.15, 0.2) is 217 Å². The van der Waals surface area contributed by atoms with Gasteiger partial charge < -0.3 is 23.7 Å². The summed E-state index contributed by atoms with van der Waals surface area (Å²) in [6, 6.07) is 59.4. The summed E-state index contributed by atoms with van der Waals surface area (Å²) in [5, 5.41) is 9.67. The van der Waals surface area contributed by atoms with E-state index in [1.54, 1.807) is 75.5 Å². The number of hydrogen-bond acceptors (Lipinski definition) is 11. The van der Waals surface area contributed by atoms with E-state index in [9.17, 15) is 62.6 Å². The van der Waals surface area contributed by atoms with Crippen LogP contribution in [0.25, 0.3) is 0 Å². The van der Waals surface area contributed by atoms with Crippen LogP contribution in [-0.4, -0.2) is 73.4 Å². The van der Waals surface area contributed by atoms with Gasteiger partial charge in [-0.15, -0.1) is 0 Å². The maximum absolute atomic E-state index is 13.2. The van der Waals surface area contributed by atoms with E-state index in [0.29, 0.717) is 9.13 Å². The van der Waals surface area contributed by atoms with Crippen molar-refractivity contribution < 1.29 is 72.1 Å². The van der Waals surface area contributed by atoms with Crippen LogP contribution in [0.3, 0.4) is 0 Å². The van der Waals surface area contributed by atoms with Crippen LogP contribution >= 0.6 is 136 Å². The molecule has 8 aromatic rings. The lowest BCUT2D eigenvalue weighted by molar-refractivity contribution is -0.197. The Balaban J connectivity index is 0.000000199. The van der Waals surface area contributed by atoms with Gasteiger partial charge in [0.2, 0.25) is 6.10 Å². The summed E-state index contributed by atoms with van der Waals surface area (Å²) in [4.78, 5) is 30.7. The largest absolute Gasteiger partial charge is 0.748 e. The molecule has 0 saturated carbocycles. The van der Waals surface area contributed by atoms with E-state index < -0.39 is 73.9 Å². The Morgan fingerprint density at radius 3 is 1.26 bits per heavy atom. The summed E-state index contributed by atoms with van der Waals surface area (Å²) in [5.74, 6) is -5.97. The summed E-state index contributed by atoms with van der Waals surface area (Å²) in [7, 11) is -10.0. The normalized spacial score (nSPS) is 11.7. The highest BCUT2D eigenvalue weighted by molar-refractivity contribution is 14.1. The Morgan fingerprint density at radius 2 is 0.877 bits per heavy atom. The van der Waals surface area contributed by atoms with Crippen molar-refractivity contribution in [1.29, 1.82) is 0 Å². The number of carbonyl (C=O) groups is 2. The van der Waals surface area contributed by atoms with Gasteiger partial charge in [0.15, 0.2) is 29.4 Å². The molecule has 0 aliphatic carbocycles. The Hall–Kier alpha value is -2.95. The molecule has 1 N–H and O–H groups in total. The van der Waals surface area contributed by atoms with Crippen molar-refractivity contribution in [1.82, 2.24) is 0 Å². The van der Waals surface area contributed by atoms with Gasteiger partial charge in [-0.1, -0.05) is 54.6 Å². The average Bonchev–Trinajstić information content (AvgIpc) is 3.45. The lowest BCUT2D eigenvalue weighted by Crippen LogP contribution is -2.39. The first-order valence-electron chi connectivity index (χ1n) is 22.6. The standard InChI is InChI=1S/C18H13F2S.C18H14IS.C10H7F3I2O6S.C9H7I3O5S/c19-14-6-10-17(11-7-14)21(16-4-2-1-3-5-16)18-12-8-15(20)9-13-18;19-15-11-13-18(14-12-15)20(16-7-3-1-4-8-16)17-9-5-2-6-10-17;11-10(12,13)7(3-22(18,19)20)21-9(17)5-1-4(14)2-6(15)8(5)16;10-5-3-6(8(12)7(11)4-5)9(13)17-1-2-18(14,15)16/h1-13H;1-14H;1-2,7,16H,3H2,(H,18,19,20);3-4H,1-2H2,(H,14,15,16)/q2*+1;;/p-2. The molecule has 8 rings (SSSR count). The van der Waals surface area contributed by atoms with E-state index in [0.717, 1.165) is 31.5 Å². The number of phenolic OH excluding ortho intramolecular Hbond substituents is 1. The molecule has 0 fully saturated rings. The molecule has 1 unspecified atom stereocenters. The minimum Gasteiger partial charge on any atom is -0.748 e. The number of aromatic hydroxyl groups is 1. The number of halogens is 11. The van der Waals surface area contributed by atoms with Gasteiger partial charge >= 0.3 is 18.1 Å². The molecule has 0 heterocycles. The van der Waals surface area contributed by atoms with Crippen LogP contribution in [0.2, 0.25) is 0 Å². The zero-order valence-electron chi connectivity index (χ0n) is 40.9. The minimum atomic E-state index is -5.27. The molecule has 11 nitrogen and oxygen atoms in total. The predicted molar refractivity (Wildman–Crippen MR) is 348 cm³/mol. The SMILES string of the molecule is Fc1ccc([S+](c2ccccc2)c2ccc(F)cc2)cc1.Ic1ccc([S+](c2ccccc2)c2ccccc2)cc1.O=C(OC(CS(=O)(=O)[O-])C(F)(F)F)c1cc(I)cc(I)c1O.O=C(OCCS(=O)(=O)[O-])c1cc(I)cc(I)c1I. The number of carbonyl (C=O) groups excluding carboxylic acids is 2. The van der Waals surface area contributed by atoms with Crippen LogP contribution in [0.4, 0.5) is 22.0 Å². The van der Waals surface area contributed by atoms with E-state index in [1.165, 1.54) is 48.6 Å². The molecular formula is C55H39F5I6O11S4. The number of alkyl halides is 3. The van der Waals surface area contributed by atoms with Crippen molar-refractivity contribution in [3.05, 3.63) is 232 Å². The first-order chi connectivity index (χ1) is 38.1. The van der Waals surface area contributed by atoms with E-state index in [1.807, 2.05) is 59.0 Å². The van der Waals surface area contributed by atoms with Crippen LogP contribution in [0, 0.1) is 33.1 Å². The second-order valence-corrected chi connectivity index (χ2v) is 30.2. The highest BCUT2D eigenvalue weighted by Gasteiger charge is 2.44. The third-order valence-corrected chi connectivity index (χ3v) is 21.8. The van der Waals surface area contributed by atoms with Gasteiger partial charge in [-0.25, -0.2) is 35.2 Å².